The Bertz CT molecular complexity index is 1030. The molecule has 0 fully saturated rings. The van der Waals surface area contributed by atoms with E-state index in [0.717, 1.165) is 23.0 Å². The third-order valence-electron chi connectivity index (χ3n) is 4.95. The second-order valence-corrected chi connectivity index (χ2v) is 7.21. The summed E-state index contributed by atoms with van der Waals surface area (Å²) < 4.78 is 11.7. The Morgan fingerprint density at radius 2 is 0.933 bits per heavy atom. The van der Waals surface area contributed by atoms with E-state index >= 15 is 0 Å². The normalized spacial score (nSPS) is 10.7. The lowest BCUT2D eigenvalue weighted by molar-refractivity contribution is 0.482. The van der Waals surface area contributed by atoms with Gasteiger partial charge in [-0.25, -0.2) is 0 Å². The van der Waals surface area contributed by atoms with Gasteiger partial charge in [0.2, 0.25) is 0 Å². The van der Waals surface area contributed by atoms with E-state index in [2.05, 4.69) is 31.2 Å². The van der Waals surface area contributed by atoms with Crippen molar-refractivity contribution in [3.8, 4) is 23.0 Å². The van der Waals surface area contributed by atoms with Crippen molar-refractivity contribution in [2.24, 2.45) is 0 Å². The maximum atomic E-state index is 5.87. The molecule has 0 saturated heterocycles. The number of nitrogens with two attached hydrogens (primary N) is 2. The average Bonchev–Trinajstić information content (AvgIpc) is 2.74. The largest absolute Gasteiger partial charge is 0.457 e. The monoisotopic (exact) mass is 396 g/mol. The van der Waals surface area contributed by atoms with Crippen molar-refractivity contribution in [1.29, 1.82) is 0 Å². The van der Waals surface area contributed by atoms with Crippen LogP contribution in [0.3, 0.4) is 0 Å². The number of ether oxygens (including phenoxy) is 2. The first-order valence-corrected chi connectivity index (χ1v) is 9.83. The van der Waals surface area contributed by atoms with E-state index in [9.17, 15) is 0 Å². The quantitative estimate of drug-likeness (QED) is 0.361. The van der Waals surface area contributed by atoms with E-state index in [1.165, 1.54) is 11.1 Å². The van der Waals surface area contributed by atoms with Gasteiger partial charge in [-0.1, -0.05) is 43.3 Å². The summed E-state index contributed by atoms with van der Waals surface area (Å²) in [5, 5.41) is 0. The summed E-state index contributed by atoms with van der Waals surface area (Å²) in [5.74, 6) is 3.26. The van der Waals surface area contributed by atoms with Crippen LogP contribution in [-0.2, 0) is 0 Å². The molecule has 30 heavy (non-hydrogen) atoms. The van der Waals surface area contributed by atoms with Gasteiger partial charge in [0, 0.05) is 29.4 Å². The molecule has 0 saturated carbocycles. The Morgan fingerprint density at radius 3 is 1.30 bits per heavy atom. The lowest BCUT2D eigenvalue weighted by atomic mass is 9.93. The fourth-order valence-electron chi connectivity index (χ4n) is 3.27. The number of hydrogen-bond donors (Lipinski definition) is 2. The highest BCUT2D eigenvalue weighted by atomic mass is 16.5. The molecule has 0 unspecified atom stereocenters. The number of hydrogen-bond acceptors (Lipinski definition) is 4. The predicted molar refractivity (Wildman–Crippen MR) is 122 cm³/mol. The van der Waals surface area contributed by atoms with Crippen LogP contribution in [0.25, 0.3) is 0 Å². The summed E-state index contributed by atoms with van der Waals surface area (Å²) in [6.07, 6.45) is 0. The number of anilines is 2. The standard InChI is InChI=1S/C26H24N2O2/c1-18(19-8-12-23(13-9-19)29-25-6-2-4-21(27)16-25)20-10-14-24(15-11-20)30-26-7-3-5-22(28)17-26/h2-18H,27-28H2,1H3. The molecule has 0 radical (unpaired) electrons. The molecule has 0 spiro atoms. The Kier molecular flexibility index (Phi) is 5.57. The summed E-state index contributed by atoms with van der Waals surface area (Å²) in [5.41, 5.74) is 15.4. The van der Waals surface area contributed by atoms with Gasteiger partial charge in [-0.05, 0) is 59.7 Å². The first-order valence-electron chi connectivity index (χ1n) is 9.83. The first-order chi connectivity index (χ1) is 14.6. The molecule has 0 aliphatic carbocycles. The van der Waals surface area contributed by atoms with Crippen LogP contribution in [0.2, 0.25) is 0 Å². The van der Waals surface area contributed by atoms with Crippen LogP contribution in [0.15, 0.2) is 97.1 Å². The second kappa shape index (κ2) is 8.62. The fourth-order valence-corrected chi connectivity index (χ4v) is 3.27. The zero-order chi connectivity index (χ0) is 20.9. The van der Waals surface area contributed by atoms with E-state index in [1.807, 2.05) is 72.8 Å². The highest BCUT2D eigenvalue weighted by Gasteiger charge is 2.09. The summed E-state index contributed by atoms with van der Waals surface area (Å²) >= 11 is 0. The molecule has 0 heterocycles. The Hall–Kier alpha value is -3.92. The van der Waals surface area contributed by atoms with Crippen LogP contribution in [0, 0.1) is 0 Å². The molecule has 4 aromatic rings. The molecule has 150 valence electrons. The first kappa shape index (κ1) is 19.4. The summed E-state index contributed by atoms with van der Waals surface area (Å²) in [6, 6.07) is 31.1. The Balaban J connectivity index is 1.43. The van der Waals surface area contributed by atoms with Gasteiger partial charge in [0.15, 0.2) is 0 Å². The minimum Gasteiger partial charge on any atom is -0.457 e. The van der Waals surface area contributed by atoms with Gasteiger partial charge in [-0.3, -0.25) is 0 Å². The number of rotatable bonds is 6. The van der Waals surface area contributed by atoms with Crippen LogP contribution in [0.4, 0.5) is 11.4 Å². The van der Waals surface area contributed by atoms with Crippen LogP contribution in [0.1, 0.15) is 24.0 Å². The van der Waals surface area contributed by atoms with Crippen molar-refractivity contribution in [3.05, 3.63) is 108 Å². The van der Waals surface area contributed by atoms with Crippen LogP contribution < -0.4 is 20.9 Å². The minimum atomic E-state index is 0.243. The zero-order valence-electron chi connectivity index (χ0n) is 16.8. The summed E-state index contributed by atoms with van der Waals surface area (Å²) in [6.45, 7) is 2.18. The van der Waals surface area contributed by atoms with Gasteiger partial charge in [0.1, 0.15) is 23.0 Å². The Morgan fingerprint density at radius 1 is 0.533 bits per heavy atom. The third-order valence-corrected chi connectivity index (χ3v) is 4.95. The molecule has 0 aliphatic rings. The molecule has 4 rings (SSSR count). The van der Waals surface area contributed by atoms with Crippen molar-refractivity contribution in [2.45, 2.75) is 12.8 Å². The van der Waals surface area contributed by atoms with Gasteiger partial charge in [0.25, 0.3) is 0 Å². The number of nitrogen functional groups attached to an aromatic ring is 2. The smallest absolute Gasteiger partial charge is 0.129 e. The van der Waals surface area contributed by atoms with E-state index in [0.29, 0.717) is 11.4 Å². The fraction of sp³-hybridized carbons (Fsp3) is 0.0769. The van der Waals surface area contributed by atoms with Crippen molar-refractivity contribution in [3.63, 3.8) is 0 Å². The van der Waals surface area contributed by atoms with Gasteiger partial charge in [0.05, 0.1) is 0 Å². The lowest BCUT2D eigenvalue weighted by Gasteiger charge is -2.14. The van der Waals surface area contributed by atoms with Crippen LogP contribution in [0.5, 0.6) is 23.0 Å². The highest BCUT2D eigenvalue weighted by molar-refractivity contribution is 5.47. The highest BCUT2D eigenvalue weighted by Crippen LogP contribution is 2.30. The predicted octanol–water partition coefficient (Wildman–Crippen LogP) is 6.59. The lowest BCUT2D eigenvalue weighted by Crippen LogP contribution is -1.96. The third kappa shape index (κ3) is 4.73. The van der Waals surface area contributed by atoms with Gasteiger partial charge >= 0.3 is 0 Å². The van der Waals surface area contributed by atoms with Gasteiger partial charge < -0.3 is 20.9 Å². The van der Waals surface area contributed by atoms with Gasteiger partial charge in [-0.2, -0.15) is 0 Å². The van der Waals surface area contributed by atoms with E-state index in [1.54, 1.807) is 0 Å². The van der Waals surface area contributed by atoms with Crippen molar-refractivity contribution in [2.75, 3.05) is 11.5 Å². The van der Waals surface area contributed by atoms with Crippen LogP contribution >= 0.6 is 0 Å². The molecular weight excluding hydrogens is 372 g/mol. The molecular formula is C26H24N2O2. The van der Waals surface area contributed by atoms with Crippen molar-refractivity contribution < 1.29 is 9.47 Å². The molecule has 4 N–H and O–H groups in total. The topological polar surface area (TPSA) is 70.5 Å². The SMILES string of the molecule is CC(c1ccc(Oc2cccc(N)c2)cc1)c1ccc(Oc2cccc(N)c2)cc1. The van der Waals surface area contributed by atoms with E-state index < -0.39 is 0 Å². The van der Waals surface area contributed by atoms with Crippen LogP contribution in [-0.4, -0.2) is 0 Å². The van der Waals surface area contributed by atoms with Gasteiger partial charge in [-0.15, -0.1) is 0 Å². The molecule has 4 aromatic carbocycles. The molecule has 4 nitrogen and oxygen atoms in total. The molecule has 4 heteroatoms. The minimum absolute atomic E-state index is 0.243. The molecule has 0 atom stereocenters. The Labute approximate surface area is 176 Å². The molecule has 0 aromatic heterocycles. The maximum absolute atomic E-state index is 5.87. The van der Waals surface area contributed by atoms with Crippen molar-refractivity contribution >= 4 is 11.4 Å². The van der Waals surface area contributed by atoms with E-state index in [4.69, 9.17) is 20.9 Å². The van der Waals surface area contributed by atoms with E-state index in [-0.39, 0.29) is 5.92 Å². The summed E-state index contributed by atoms with van der Waals surface area (Å²) in [4.78, 5) is 0. The second-order valence-electron chi connectivity index (χ2n) is 7.21. The molecule has 0 bridgehead atoms. The molecule has 0 aliphatic heterocycles. The average molecular weight is 396 g/mol. The zero-order valence-corrected chi connectivity index (χ0v) is 16.8. The molecule has 0 amide bonds. The number of benzene rings is 4. The van der Waals surface area contributed by atoms with Crippen molar-refractivity contribution in [1.82, 2.24) is 0 Å². The maximum Gasteiger partial charge on any atom is 0.129 e. The summed E-state index contributed by atoms with van der Waals surface area (Å²) in [7, 11) is 0.